The Morgan fingerprint density at radius 3 is 2.00 bits per heavy atom. The third-order valence-corrected chi connectivity index (χ3v) is 3.30. The van der Waals surface area contributed by atoms with Crippen LogP contribution >= 0.6 is 11.8 Å². The second-order valence-corrected chi connectivity index (χ2v) is 4.88. The first-order valence-corrected chi connectivity index (χ1v) is 6.60. The van der Waals surface area contributed by atoms with Crippen LogP contribution in [0.1, 0.15) is 13.8 Å². The predicted octanol–water partition coefficient (Wildman–Crippen LogP) is -1.46. The van der Waals surface area contributed by atoms with Crippen LogP contribution in [0.2, 0.25) is 0 Å². The van der Waals surface area contributed by atoms with Gasteiger partial charge in [-0.2, -0.15) is 0 Å². The first kappa shape index (κ1) is 17.1. The lowest BCUT2D eigenvalue weighted by atomic mass is 10.0. The van der Waals surface area contributed by atoms with Crippen LogP contribution in [0.25, 0.3) is 0 Å². The van der Waals surface area contributed by atoms with Gasteiger partial charge >= 0.3 is 0 Å². The molecule has 0 aromatic rings. The third kappa shape index (κ3) is 5.52. The Morgan fingerprint density at radius 2 is 1.59 bits per heavy atom. The molecular formula is C10H22O6S. The van der Waals surface area contributed by atoms with Crippen molar-refractivity contribution in [2.24, 2.45) is 0 Å². The standard InChI is InChI=1S/C10H22O6S/c1-3-16-10(17-4-2)9(15)8(14)7(13)6(12)5-11/h6-15H,3-5H2,1-2H3/t6-,7-,8+,9-,10?/m1/s1. The molecule has 0 saturated carbocycles. The van der Waals surface area contributed by atoms with E-state index in [0.717, 1.165) is 0 Å². The van der Waals surface area contributed by atoms with E-state index in [9.17, 15) is 15.3 Å². The van der Waals surface area contributed by atoms with Crippen LogP contribution in [-0.4, -0.2) is 74.4 Å². The van der Waals surface area contributed by atoms with Gasteiger partial charge in [0.2, 0.25) is 0 Å². The number of aliphatic hydroxyl groups excluding tert-OH is 5. The van der Waals surface area contributed by atoms with Crippen molar-refractivity contribution in [3.8, 4) is 0 Å². The van der Waals surface area contributed by atoms with E-state index < -0.39 is 36.5 Å². The average Bonchev–Trinajstić information content (AvgIpc) is 2.34. The van der Waals surface area contributed by atoms with Crippen LogP contribution in [0.5, 0.6) is 0 Å². The molecular weight excluding hydrogens is 248 g/mol. The van der Waals surface area contributed by atoms with Crippen LogP contribution in [0.15, 0.2) is 0 Å². The molecule has 0 saturated heterocycles. The van der Waals surface area contributed by atoms with E-state index in [0.29, 0.717) is 12.4 Å². The molecule has 5 atom stereocenters. The minimum absolute atomic E-state index is 0.361. The Bertz CT molecular complexity index is 188. The summed E-state index contributed by atoms with van der Waals surface area (Å²) in [6.07, 6.45) is -6.02. The molecule has 0 radical (unpaired) electrons. The van der Waals surface area contributed by atoms with E-state index in [-0.39, 0.29) is 0 Å². The van der Waals surface area contributed by atoms with Gasteiger partial charge in [0.15, 0.2) is 0 Å². The molecule has 0 aromatic carbocycles. The molecule has 6 nitrogen and oxygen atoms in total. The molecule has 0 aliphatic carbocycles. The molecule has 0 spiro atoms. The minimum atomic E-state index is -1.62. The second-order valence-electron chi connectivity index (χ2n) is 3.50. The van der Waals surface area contributed by atoms with Crippen LogP contribution in [-0.2, 0) is 4.74 Å². The summed E-state index contributed by atoms with van der Waals surface area (Å²) in [5, 5.41) is 46.7. The lowest BCUT2D eigenvalue weighted by Gasteiger charge is -2.30. The summed E-state index contributed by atoms with van der Waals surface area (Å²) in [5.41, 5.74) is -0.680. The number of rotatable bonds is 9. The van der Waals surface area contributed by atoms with Gasteiger partial charge in [0.25, 0.3) is 0 Å². The molecule has 0 aliphatic heterocycles. The highest BCUT2D eigenvalue weighted by atomic mass is 32.2. The van der Waals surface area contributed by atoms with Gasteiger partial charge in [0, 0.05) is 6.61 Å². The Labute approximate surface area is 105 Å². The van der Waals surface area contributed by atoms with Crippen molar-refractivity contribution >= 4 is 11.8 Å². The highest BCUT2D eigenvalue weighted by Gasteiger charge is 2.35. The predicted molar refractivity (Wildman–Crippen MR) is 64.7 cm³/mol. The van der Waals surface area contributed by atoms with Gasteiger partial charge in [0.1, 0.15) is 29.9 Å². The highest BCUT2D eigenvalue weighted by molar-refractivity contribution is 7.99. The molecule has 0 fully saturated rings. The summed E-state index contributed by atoms with van der Waals surface area (Å²) in [5.74, 6) is 0.674. The SMILES string of the molecule is CCOC(SCC)[C@H](O)[C@@H](O)[C@H](O)[C@H](O)CO. The van der Waals surface area contributed by atoms with E-state index >= 15 is 0 Å². The fraction of sp³-hybridized carbons (Fsp3) is 1.00. The van der Waals surface area contributed by atoms with E-state index in [4.69, 9.17) is 14.9 Å². The highest BCUT2D eigenvalue weighted by Crippen LogP contribution is 2.20. The Kier molecular flexibility index (Phi) is 9.15. The number of hydrogen-bond donors (Lipinski definition) is 5. The lowest BCUT2D eigenvalue weighted by molar-refractivity contribution is -0.134. The molecule has 5 N–H and O–H groups in total. The van der Waals surface area contributed by atoms with Crippen molar-refractivity contribution in [1.29, 1.82) is 0 Å². The number of thioether (sulfide) groups is 1. The molecule has 0 aromatic heterocycles. The van der Waals surface area contributed by atoms with Crippen molar-refractivity contribution in [2.75, 3.05) is 19.0 Å². The monoisotopic (exact) mass is 270 g/mol. The van der Waals surface area contributed by atoms with E-state index in [1.165, 1.54) is 11.8 Å². The lowest BCUT2D eigenvalue weighted by Crippen LogP contribution is -2.49. The van der Waals surface area contributed by atoms with Crippen LogP contribution in [0.4, 0.5) is 0 Å². The van der Waals surface area contributed by atoms with Gasteiger partial charge in [-0.3, -0.25) is 0 Å². The van der Waals surface area contributed by atoms with E-state index in [1.54, 1.807) is 6.92 Å². The first-order chi connectivity index (χ1) is 7.99. The molecule has 1 unspecified atom stereocenters. The molecule has 0 bridgehead atoms. The van der Waals surface area contributed by atoms with Gasteiger partial charge in [-0.15, -0.1) is 11.8 Å². The second kappa shape index (κ2) is 9.09. The summed E-state index contributed by atoms with van der Waals surface area (Å²) < 4.78 is 5.23. The fourth-order valence-electron chi connectivity index (χ4n) is 1.27. The minimum Gasteiger partial charge on any atom is -0.394 e. The maximum Gasteiger partial charge on any atom is 0.131 e. The zero-order chi connectivity index (χ0) is 13.4. The van der Waals surface area contributed by atoms with Gasteiger partial charge in [-0.1, -0.05) is 6.92 Å². The topological polar surface area (TPSA) is 110 Å². The average molecular weight is 270 g/mol. The number of hydrogen-bond acceptors (Lipinski definition) is 7. The third-order valence-electron chi connectivity index (χ3n) is 2.22. The molecule has 0 amide bonds. The van der Waals surface area contributed by atoms with Crippen LogP contribution in [0, 0.1) is 0 Å². The Balaban J connectivity index is 4.46. The molecule has 104 valence electrons. The van der Waals surface area contributed by atoms with E-state index in [2.05, 4.69) is 0 Å². The maximum atomic E-state index is 9.81. The first-order valence-electron chi connectivity index (χ1n) is 5.55. The zero-order valence-electron chi connectivity index (χ0n) is 10.1. The number of aliphatic hydroxyl groups is 5. The molecule has 17 heavy (non-hydrogen) atoms. The smallest absolute Gasteiger partial charge is 0.131 e. The molecule has 0 rings (SSSR count). The molecule has 0 heterocycles. The van der Waals surface area contributed by atoms with Crippen molar-refractivity contribution in [1.82, 2.24) is 0 Å². The molecule has 7 heteroatoms. The van der Waals surface area contributed by atoms with Crippen molar-refractivity contribution in [3.63, 3.8) is 0 Å². The van der Waals surface area contributed by atoms with E-state index in [1.807, 2.05) is 6.92 Å². The van der Waals surface area contributed by atoms with Gasteiger partial charge < -0.3 is 30.3 Å². The summed E-state index contributed by atoms with van der Waals surface area (Å²) >= 11 is 1.29. The van der Waals surface area contributed by atoms with Gasteiger partial charge in [0.05, 0.1) is 6.61 Å². The fourth-order valence-corrected chi connectivity index (χ4v) is 2.19. The summed E-state index contributed by atoms with van der Waals surface area (Å²) in [4.78, 5) is 0. The van der Waals surface area contributed by atoms with Crippen LogP contribution < -0.4 is 0 Å². The number of ether oxygens (including phenoxy) is 1. The maximum absolute atomic E-state index is 9.81. The van der Waals surface area contributed by atoms with Crippen molar-refractivity contribution in [3.05, 3.63) is 0 Å². The van der Waals surface area contributed by atoms with Crippen molar-refractivity contribution < 1.29 is 30.3 Å². The van der Waals surface area contributed by atoms with Crippen LogP contribution in [0.3, 0.4) is 0 Å². The zero-order valence-corrected chi connectivity index (χ0v) is 10.9. The Hall–Kier alpha value is 0.110. The largest absolute Gasteiger partial charge is 0.394 e. The Morgan fingerprint density at radius 1 is 1.00 bits per heavy atom. The molecule has 0 aliphatic rings. The normalized spacial score (nSPS) is 20.6. The van der Waals surface area contributed by atoms with Gasteiger partial charge in [-0.05, 0) is 12.7 Å². The summed E-state index contributed by atoms with van der Waals surface area (Å²) in [6.45, 7) is 3.29. The summed E-state index contributed by atoms with van der Waals surface area (Å²) in [6, 6.07) is 0. The van der Waals surface area contributed by atoms with Gasteiger partial charge in [-0.25, -0.2) is 0 Å². The summed E-state index contributed by atoms with van der Waals surface area (Å²) in [7, 11) is 0. The quantitative estimate of drug-likeness (QED) is 0.326. The van der Waals surface area contributed by atoms with Crippen molar-refractivity contribution in [2.45, 2.75) is 43.7 Å².